The molecule has 3 aromatic carbocycles. The smallest absolute Gasteiger partial charge is 0.490 e. The lowest BCUT2D eigenvalue weighted by atomic mass is 9.97. The summed E-state index contributed by atoms with van der Waals surface area (Å²) < 4.78 is 63.5. The number of nitrogens with two attached hydrogens (primary N) is 2. The van der Waals surface area contributed by atoms with Crippen LogP contribution in [0.3, 0.4) is 0 Å². The fourth-order valence-corrected chi connectivity index (χ4v) is 4.66. The fraction of sp³-hybridized carbons (Fsp3) is 0.250. The molecule has 1 amide bonds. The summed E-state index contributed by atoms with van der Waals surface area (Å²) in [5.74, 6) is -5.44. The fourth-order valence-electron chi connectivity index (χ4n) is 4.66. The van der Waals surface area contributed by atoms with Crippen LogP contribution in [0.25, 0.3) is 22.4 Å². The molecule has 0 saturated carbocycles. The van der Waals surface area contributed by atoms with Gasteiger partial charge in [-0.15, -0.1) is 0 Å². The van der Waals surface area contributed by atoms with Crippen molar-refractivity contribution in [2.24, 2.45) is 11.7 Å². The average molecular weight is 763 g/mol. The Hall–Kier alpha value is -6.35. The van der Waals surface area contributed by atoms with Crippen molar-refractivity contribution in [3.63, 3.8) is 0 Å². The molecule has 0 saturated heterocycles. The third-order valence-electron chi connectivity index (χ3n) is 7.13. The van der Waals surface area contributed by atoms with E-state index in [1.807, 2.05) is 74.3 Å². The first kappa shape index (κ1) is 43.8. The van der Waals surface area contributed by atoms with Gasteiger partial charge in [0.15, 0.2) is 0 Å². The number of aliphatic carboxylic acids is 2. The van der Waals surface area contributed by atoms with Crippen LogP contribution in [0, 0.1) is 17.2 Å². The summed E-state index contributed by atoms with van der Waals surface area (Å²) in [7, 11) is 1.95. The van der Waals surface area contributed by atoms with Crippen molar-refractivity contribution in [1.82, 2.24) is 4.98 Å². The molecule has 0 radical (unpaired) electrons. The van der Waals surface area contributed by atoms with Crippen molar-refractivity contribution < 1.29 is 56.0 Å². The summed E-state index contributed by atoms with van der Waals surface area (Å²) in [6.07, 6.45) is -9.62. The van der Waals surface area contributed by atoms with Gasteiger partial charge in [-0.25, -0.2) is 14.6 Å². The van der Waals surface area contributed by atoms with Crippen molar-refractivity contribution in [3.8, 4) is 34.2 Å². The number of aromatic hydroxyl groups is 1. The molecule has 54 heavy (non-hydrogen) atoms. The van der Waals surface area contributed by atoms with Crippen LogP contribution >= 0.6 is 0 Å². The summed E-state index contributed by atoms with van der Waals surface area (Å²) in [4.78, 5) is 37.3. The van der Waals surface area contributed by atoms with Gasteiger partial charge in [-0.1, -0.05) is 62.4 Å². The number of carboxylic acids is 2. The quantitative estimate of drug-likeness (QED) is 0.0976. The van der Waals surface area contributed by atoms with E-state index in [9.17, 15) is 41.5 Å². The lowest BCUT2D eigenvalue weighted by molar-refractivity contribution is -0.193. The third-order valence-corrected chi connectivity index (χ3v) is 7.13. The Bertz CT molecular complexity index is 1940. The number of carbonyl (C=O) groups excluding carboxylic acids is 1. The van der Waals surface area contributed by atoms with Crippen molar-refractivity contribution in [1.29, 1.82) is 5.26 Å². The van der Waals surface area contributed by atoms with E-state index in [4.69, 9.17) is 31.3 Å². The van der Waals surface area contributed by atoms with E-state index in [0.717, 1.165) is 11.3 Å². The first-order valence-electron chi connectivity index (χ1n) is 15.6. The van der Waals surface area contributed by atoms with Crippen molar-refractivity contribution in [3.05, 3.63) is 90.0 Å². The summed E-state index contributed by atoms with van der Waals surface area (Å²) in [5, 5.41) is 37.6. The number of rotatable bonds is 9. The number of nitriles is 1. The molecule has 8 N–H and O–H groups in total. The topological polar surface area (TPSA) is 216 Å². The standard InChI is InChI=1S/C32H34N6O2.2C2HF3O2/c1-20(2)15-26(34)32(40)37-28-16-22(13-14-29(28)38(3)19-21-9-5-4-6-10-21)24-17-27(36-31(35)25(24)18-33)23-11-7-8-12-30(23)39;2*3-2(4,5)1(6)7/h4-14,16-17,20,26,39H,15,19,34H2,1-3H3,(H2,35,36)(H,37,40);2*(H,6,7)/t26-;;/m0../s1. The highest BCUT2D eigenvalue weighted by Gasteiger charge is 2.39. The summed E-state index contributed by atoms with van der Waals surface area (Å²) in [6, 6.07) is 25.6. The maximum absolute atomic E-state index is 13.1. The molecule has 0 aliphatic heterocycles. The maximum Gasteiger partial charge on any atom is 0.490 e. The number of carbonyl (C=O) groups is 3. The lowest BCUT2D eigenvalue weighted by Crippen LogP contribution is -2.37. The van der Waals surface area contributed by atoms with Gasteiger partial charge in [-0.05, 0) is 53.8 Å². The van der Waals surface area contributed by atoms with Crippen LogP contribution in [0.2, 0.25) is 0 Å². The first-order chi connectivity index (χ1) is 25.1. The normalized spacial score (nSPS) is 11.5. The van der Waals surface area contributed by atoms with Gasteiger partial charge in [0.2, 0.25) is 5.91 Å². The maximum atomic E-state index is 13.1. The second kappa shape index (κ2) is 18.9. The summed E-state index contributed by atoms with van der Waals surface area (Å²) in [5.41, 5.74) is 17.2. The molecule has 1 aromatic heterocycles. The molecular weight excluding hydrogens is 726 g/mol. The molecule has 0 aliphatic rings. The molecule has 288 valence electrons. The molecule has 0 spiro atoms. The highest BCUT2D eigenvalue weighted by molar-refractivity contribution is 5.99. The summed E-state index contributed by atoms with van der Waals surface area (Å²) >= 11 is 0. The molecular formula is C36H36F6N6O6. The van der Waals surface area contributed by atoms with E-state index < -0.39 is 30.3 Å². The zero-order chi connectivity index (χ0) is 41.0. The number of para-hydroxylation sites is 1. The molecule has 18 heteroatoms. The molecule has 4 rings (SSSR count). The highest BCUT2D eigenvalue weighted by atomic mass is 19.4. The number of phenols is 1. The number of anilines is 3. The predicted molar refractivity (Wildman–Crippen MR) is 188 cm³/mol. The number of nitrogens with zero attached hydrogens (tertiary/aromatic N) is 3. The van der Waals surface area contributed by atoms with Gasteiger partial charge < -0.3 is 37.0 Å². The second-order valence-corrected chi connectivity index (χ2v) is 11.8. The van der Waals surface area contributed by atoms with Crippen LogP contribution < -0.4 is 21.7 Å². The van der Waals surface area contributed by atoms with Gasteiger partial charge in [0, 0.05) is 24.7 Å². The van der Waals surface area contributed by atoms with E-state index in [1.54, 1.807) is 30.3 Å². The van der Waals surface area contributed by atoms with Crippen LogP contribution in [0.1, 0.15) is 31.4 Å². The van der Waals surface area contributed by atoms with E-state index in [2.05, 4.69) is 16.4 Å². The number of hydrogen-bond donors (Lipinski definition) is 6. The van der Waals surface area contributed by atoms with E-state index in [0.29, 0.717) is 41.0 Å². The van der Waals surface area contributed by atoms with E-state index >= 15 is 0 Å². The number of aromatic nitrogens is 1. The number of alkyl halides is 6. The van der Waals surface area contributed by atoms with Gasteiger partial charge >= 0.3 is 24.3 Å². The van der Waals surface area contributed by atoms with Gasteiger partial charge in [-0.2, -0.15) is 31.6 Å². The Labute approximate surface area is 305 Å². The minimum Gasteiger partial charge on any atom is -0.507 e. The second-order valence-electron chi connectivity index (χ2n) is 11.8. The predicted octanol–water partition coefficient (Wildman–Crippen LogP) is 6.79. The van der Waals surface area contributed by atoms with Gasteiger partial charge in [0.1, 0.15) is 23.2 Å². The third kappa shape index (κ3) is 13.0. The average Bonchev–Trinajstić information content (AvgIpc) is 3.08. The number of carboxylic acid groups (broad SMARTS) is 2. The summed E-state index contributed by atoms with van der Waals surface area (Å²) in [6.45, 7) is 4.66. The van der Waals surface area contributed by atoms with Crippen LogP contribution in [0.15, 0.2) is 78.9 Å². The lowest BCUT2D eigenvalue weighted by Gasteiger charge is -2.25. The van der Waals surface area contributed by atoms with Crippen molar-refractivity contribution in [2.45, 2.75) is 45.2 Å². The van der Waals surface area contributed by atoms with Crippen molar-refractivity contribution >= 4 is 35.0 Å². The number of phenolic OH excluding ortho intramolecular Hbond substituents is 1. The van der Waals surface area contributed by atoms with Crippen LogP contribution in [0.4, 0.5) is 43.5 Å². The molecule has 4 aromatic rings. The number of nitrogens with one attached hydrogen (secondary N) is 1. The number of halogens is 6. The van der Waals surface area contributed by atoms with Gasteiger partial charge in [0.25, 0.3) is 0 Å². The molecule has 1 heterocycles. The monoisotopic (exact) mass is 762 g/mol. The van der Waals surface area contributed by atoms with E-state index in [1.165, 1.54) is 0 Å². The molecule has 0 fully saturated rings. The van der Waals surface area contributed by atoms with E-state index in [-0.39, 0.29) is 29.0 Å². The Kier molecular flexibility index (Phi) is 15.4. The molecule has 12 nitrogen and oxygen atoms in total. The number of pyridine rings is 1. The highest BCUT2D eigenvalue weighted by Crippen LogP contribution is 2.38. The largest absolute Gasteiger partial charge is 0.507 e. The number of nitrogen functional groups attached to an aromatic ring is 1. The Morgan fingerprint density at radius 3 is 1.93 bits per heavy atom. The molecule has 0 aliphatic carbocycles. The molecule has 1 atom stereocenters. The Morgan fingerprint density at radius 2 is 1.43 bits per heavy atom. The first-order valence-corrected chi connectivity index (χ1v) is 15.6. The zero-order valence-electron chi connectivity index (χ0n) is 28.9. The van der Waals surface area contributed by atoms with Gasteiger partial charge in [-0.3, -0.25) is 4.79 Å². The molecule has 0 unspecified atom stereocenters. The van der Waals surface area contributed by atoms with Crippen LogP contribution in [-0.4, -0.2) is 63.6 Å². The van der Waals surface area contributed by atoms with Crippen molar-refractivity contribution in [2.75, 3.05) is 23.0 Å². The number of amides is 1. The SMILES string of the molecule is CC(C)C[C@H](N)C(=O)Nc1cc(-c2cc(-c3ccccc3O)nc(N)c2C#N)ccc1N(C)Cc1ccccc1.O=C(O)C(F)(F)F.O=C(O)C(F)(F)F. The van der Waals surface area contributed by atoms with Crippen LogP contribution in [-0.2, 0) is 20.9 Å². The molecule has 0 bridgehead atoms. The van der Waals surface area contributed by atoms with Crippen LogP contribution in [0.5, 0.6) is 5.75 Å². The van der Waals surface area contributed by atoms with Gasteiger partial charge in [0.05, 0.1) is 23.1 Å². The number of hydrogen-bond acceptors (Lipinski definition) is 9. The Balaban J connectivity index is 0.000000610. The zero-order valence-corrected chi connectivity index (χ0v) is 28.9. The Morgan fingerprint density at radius 1 is 0.889 bits per heavy atom. The number of benzene rings is 3. The minimum atomic E-state index is -5.08. The minimum absolute atomic E-state index is 0.0491.